The first-order valence-corrected chi connectivity index (χ1v) is 11.1. The van der Waals surface area contributed by atoms with Gasteiger partial charge in [-0.05, 0) is 12.3 Å². The average molecular weight is 399 g/mol. The van der Waals surface area contributed by atoms with Crippen molar-refractivity contribution < 1.29 is 4.79 Å². The molecule has 150 valence electrons. The Balaban J connectivity index is 1.66. The van der Waals surface area contributed by atoms with Crippen molar-refractivity contribution in [3.63, 3.8) is 0 Å². The summed E-state index contributed by atoms with van der Waals surface area (Å²) in [6.07, 6.45) is 9.56. The van der Waals surface area contributed by atoms with Crippen molar-refractivity contribution in [2.75, 3.05) is 12.3 Å². The Morgan fingerprint density at radius 3 is 2.64 bits per heavy atom. The van der Waals surface area contributed by atoms with E-state index in [9.17, 15) is 4.79 Å². The fraction of sp³-hybridized carbons (Fsp3) is 0.545. The van der Waals surface area contributed by atoms with Crippen LogP contribution in [0.4, 0.5) is 0 Å². The topological polar surface area (TPSA) is 64.2 Å². The van der Waals surface area contributed by atoms with Crippen LogP contribution in [0.15, 0.2) is 36.5 Å². The van der Waals surface area contributed by atoms with E-state index in [0.717, 1.165) is 30.0 Å². The quantitative estimate of drug-likeness (QED) is 0.756. The number of nitrogens with zero attached hydrogens (tertiary/aromatic N) is 3. The Hall–Kier alpha value is -1.79. The molecule has 1 aliphatic heterocycles. The van der Waals surface area contributed by atoms with Gasteiger partial charge in [0, 0.05) is 30.6 Å². The van der Waals surface area contributed by atoms with Crippen molar-refractivity contribution >= 4 is 18.5 Å². The number of rotatable bonds is 5. The van der Waals surface area contributed by atoms with E-state index in [2.05, 4.69) is 35.5 Å². The van der Waals surface area contributed by atoms with Crippen molar-refractivity contribution in [3.05, 3.63) is 42.4 Å². The molecule has 1 amide bonds. The monoisotopic (exact) mass is 398 g/mol. The molecule has 5 nitrogen and oxygen atoms in total. The third-order valence-corrected chi connectivity index (χ3v) is 6.60. The molecule has 1 aromatic heterocycles. The maximum Gasteiger partial charge on any atom is 0.241 e. The molecule has 2 aliphatic rings. The molecule has 2 aromatic rings. The molecule has 0 bridgehead atoms. The first-order chi connectivity index (χ1) is 13.7. The minimum Gasteiger partial charge on any atom is -0.331 e. The number of imidazole rings is 1. The van der Waals surface area contributed by atoms with E-state index in [4.69, 9.17) is 10.7 Å². The van der Waals surface area contributed by atoms with Crippen molar-refractivity contribution in [2.24, 2.45) is 11.7 Å². The Labute approximate surface area is 172 Å². The number of benzene rings is 1. The van der Waals surface area contributed by atoms with Crippen LogP contribution in [0.2, 0.25) is 0 Å². The molecule has 2 atom stereocenters. The molecule has 0 saturated heterocycles. The summed E-state index contributed by atoms with van der Waals surface area (Å²) in [5, 5.41) is 0. The molecule has 0 spiro atoms. The van der Waals surface area contributed by atoms with E-state index in [0.29, 0.717) is 18.2 Å². The normalized spacial score (nSPS) is 21.4. The lowest BCUT2D eigenvalue weighted by atomic mass is 9.84. The molecular weight excluding hydrogens is 368 g/mol. The third kappa shape index (κ3) is 3.98. The van der Waals surface area contributed by atoms with Gasteiger partial charge in [0.1, 0.15) is 5.82 Å². The summed E-state index contributed by atoms with van der Waals surface area (Å²) in [4.78, 5) is 20.0. The van der Waals surface area contributed by atoms with Gasteiger partial charge in [0.05, 0.1) is 17.8 Å². The van der Waals surface area contributed by atoms with Crippen LogP contribution in [0.1, 0.15) is 50.4 Å². The number of amides is 1. The van der Waals surface area contributed by atoms with Gasteiger partial charge in [0.15, 0.2) is 0 Å². The van der Waals surface area contributed by atoms with Crippen LogP contribution in [0.3, 0.4) is 0 Å². The highest BCUT2D eigenvalue weighted by atomic mass is 32.1. The molecule has 1 fully saturated rings. The average Bonchev–Trinajstić information content (AvgIpc) is 3.19. The second kappa shape index (κ2) is 8.70. The number of carbonyl (C=O) groups excluding carboxylic acids is 1. The molecule has 2 heterocycles. The van der Waals surface area contributed by atoms with Crippen molar-refractivity contribution in [3.8, 4) is 11.3 Å². The highest BCUT2D eigenvalue weighted by molar-refractivity contribution is 7.80. The summed E-state index contributed by atoms with van der Waals surface area (Å²) in [6, 6.07) is 9.72. The van der Waals surface area contributed by atoms with Crippen LogP contribution < -0.4 is 5.73 Å². The second-order valence-electron chi connectivity index (χ2n) is 8.12. The van der Waals surface area contributed by atoms with E-state index in [-0.39, 0.29) is 11.9 Å². The van der Waals surface area contributed by atoms with E-state index < -0.39 is 6.04 Å². The molecule has 0 radical (unpaired) electrons. The van der Waals surface area contributed by atoms with Crippen LogP contribution in [-0.4, -0.2) is 38.7 Å². The first kappa shape index (κ1) is 19.5. The standard InChI is InChI=1S/C22H30N4OS/c23-18(15-28)22(27)26-12-11-25-14-19(17-9-5-2-6-10-17)24-21(25)20(26)13-16-7-3-1-4-8-16/h2,5-6,9-10,14,16,18,20,28H,1,3-4,7-8,11-13,15,23H2/t18?,20-/m0/s1. The van der Waals surface area contributed by atoms with Crippen LogP contribution >= 0.6 is 12.6 Å². The number of fused-ring (bicyclic) bond motifs is 1. The lowest BCUT2D eigenvalue weighted by Gasteiger charge is -2.39. The Morgan fingerprint density at radius 1 is 1.18 bits per heavy atom. The number of carbonyl (C=O) groups is 1. The molecule has 1 unspecified atom stereocenters. The third-order valence-electron chi connectivity index (χ3n) is 6.21. The fourth-order valence-electron chi connectivity index (χ4n) is 4.66. The number of aromatic nitrogens is 2. The predicted molar refractivity (Wildman–Crippen MR) is 115 cm³/mol. The summed E-state index contributed by atoms with van der Waals surface area (Å²) in [6.45, 7) is 1.46. The van der Waals surface area contributed by atoms with Crippen LogP contribution in [-0.2, 0) is 11.3 Å². The van der Waals surface area contributed by atoms with Gasteiger partial charge in [-0.15, -0.1) is 0 Å². The van der Waals surface area contributed by atoms with E-state index in [1.165, 1.54) is 32.1 Å². The largest absolute Gasteiger partial charge is 0.331 e. The van der Waals surface area contributed by atoms with Gasteiger partial charge in [-0.2, -0.15) is 12.6 Å². The summed E-state index contributed by atoms with van der Waals surface area (Å²) >= 11 is 4.25. The molecule has 28 heavy (non-hydrogen) atoms. The summed E-state index contributed by atoms with van der Waals surface area (Å²) in [7, 11) is 0. The molecular formula is C22H30N4OS. The lowest BCUT2D eigenvalue weighted by molar-refractivity contribution is -0.136. The number of thiol groups is 1. The molecule has 6 heteroatoms. The molecule has 2 N–H and O–H groups in total. The molecule has 1 aliphatic carbocycles. The van der Waals surface area contributed by atoms with Gasteiger partial charge in [-0.3, -0.25) is 4.79 Å². The zero-order valence-corrected chi connectivity index (χ0v) is 17.2. The van der Waals surface area contributed by atoms with Gasteiger partial charge in [0.25, 0.3) is 0 Å². The smallest absolute Gasteiger partial charge is 0.241 e. The first-order valence-electron chi connectivity index (χ1n) is 10.5. The number of hydrogen-bond donors (Lipinski definition) is 2. The zero-order chi connectivity index (χ0) is 19.5. The van der Waals surface area contributed by atoms with E-state index in [1.807, 2.05) is 23.1 Å². The highest BCUT2D eigenvalue weighted by Gasteiger charge is 2.36. The zero-order valence-electron chi connectivity index (χ0n) is 16.3. The maximum atomic E-state index is 13.0. The maximum absolute atomic E-state index is 13.0. The summed E-state index contributed by atoms with van der Waals surface area (Å²) in [5.74, 6) is 2.04. The predicted octanol–water partition coefficient (Wildman–Crippen LogP) is 3.66. The number of hydrogen-bond acceptors (Lipinski definition) is 4. The van der Waals surface area contributed by atoms with E-state index >= 15 is 0 Å². The minimum absolute atomic E-state index is 0.00585. The number of nitrogens with two attached hydrogens (primary N) is 1. The second-order valence-corrected chi connectivity index (χ2v) is 8.49. The molecule has 4 rings (SSSR count). The lowest BCUT2D eigenvalue weighted by Crippen LogP contribution is -2.50. The van der Waals surface area contributed by atoms with Gasteiger partial charge >= 0.3 is 0 Å². The van der Waals surface area contributed by atoms with Gasteiger partial charge in [-0.1, -0.05) is 62.4 Å². The van der Waals surface area contributed by atoms with Crippen LogP contribution in [0, 0.1) is 5.92 Å². The minimum atomic E-state index is -0.549. The molecule has 1 saturated carbocycles. The molecule has 1 aromatic carbocycles. The Bertz CT molecular complexity index is 800. The van der Waals surface area contributed by atoms with Gasteiger partial charge < -0.3 is 15.2 Å². The van der Waals surface area contributed by atoms with Crippen molar-refractivity contribution in [1.82, 2.24) is 14.5 Å². The SMILES string of the molecule is NC(CS)C(=O)N1CCn2cc(-c3ccccc3)nc2[C@@H]1CC1CCCCC1. The van der Waals surface area contributed by atoms with Crippen LogP contribution in [0.5, 0.6) is 0 Å². The van der Waals surface area contributed by atoms with E-state index in [1.54, 1.807) is 0 Å². The Morgan fingerprint density at radius 2 is 1.93 bits per heavy atom. The van der Waals surface area contributed by atoms with Crippen LogP contribution in [0.25, 0.3) is 11.3 Å². The van der Waals surface area contributed by atoms with Crippen molar-refractivity contribution in [2.45, 2.75) is 57.2 Å². The fourth-order valence-corrected chi connectivity index (χ4v) is 4.82. The van der Waals surface area contributed by atoms with Crippen molar-refractivity contribution in [1.29, 1.82) is 0 Å². The Kier molecular flexibility index (Phi) is 6.07. The summed E-state index contributed by atoms with van der Waals surface area (Å²) < 4.78 is 2.24. The van der Waals surface area contributed by atoms with Gasteiger partial charge in [0.2, 0.25) is 5.91 Å². The van der Waals surface area contributed by atoms with Gasteiger partial charge in [-0.25, -0.2) is 4.98 Å². The summed E-state index contributed by atoms with van der Waals surface area (Å²) in [5.41, 5.74) is 8.16. The highest BCUT2D eigenvalue weighted by Crippen LogP contribution is 2.37.